The zero-order valence-corrected chi connectivity index (χ0v) is 10.3. The smallest absolute Gasteiger partial charge is 0.455 e. The van der Waals surface area contributed by atoms with E-state index in [-0.39, 0.29) is 18.0 Å². The van der Waals surface area contributed by atoms with E-state index in [0.717, 1.165) is 6.07 Å². The number of hydrogen-bond donors (Lipinski definition) is 1. The van der Waals surface area contributed by atoms with Crippen LogP contribution in [0.4, 0.5) is 22.0 Å². The Kier molecular flexibility index (Phi) is 4.31. The highest BCUT2D eigenvalue weighted by atomic mass is 35.5. The summed E-state index contributed by atoms with van der Waals surface area (Å²) in [5.41, 5.74) is 5.39. The number of benzene rings is 1. The molecule has 0 aliphatic carbocycles. The standard InChI is InChI=1S/C11H10F5NO.ClH/c12-10(13,11(14,15)16)9(17)7-1-2-8-6(5-7)3-4-18-8;/h1-2,5,9H,3-4,17H2;1H/t9-;/m1./s1. The molecule has 1 aliphatic heterocycles. The van der Waals surface area contributed by atoms with Gasteiger partial charge in [-0.05, 0) is 17.2 Å². The number of hydrogen-bond acceptors (Lipinski definition) is 2. The molecule has 19 heavy (non-hydrogen) atoms. The van der Waals surface area contributed by atoms with E-state index < -0.39 is 18.1 Å². The van der Waals surface area contributed by atoms with Crippen LogP contribution in [0.1, 0.15) is 17.2 Å². The van der Waals surface area contributed by atoms with Crippen LogP contribution in [0, 0.1) is 0 Å². The van der Waals surface area contributed by atoms with Gasteiger partial charge in [-0.2, -0.15) is 22.0 Å². The summed E-state index contributed by atoms with van der Waals surface area (Å²) in [7, 11) is 0. The van der Waals surface area contributed by atoms with Crippen molar-refractivity contribution in [1.82, 2.24) is 0 Å². The largest absolute Gasteiger partial charge is 0.493 e. The Morgan fingerprint density at radius 3 is 2.37 bits per heavy atom. The third-order valence-corrected chi connectivity index (χ3v) is 2.84. The minimum atomic E-state index is -5.66. The summed E-state index contributed by atoms with van der Waals surface area (Å²) in [6, 6.07) is 1.33. The maximum atomic E-state index is 13.1. The summed E-state index contributed by atoms with van der Waals surface area (Å²) < 4.78 is 67.9. The molecule has 0 bridgehead atoms. The quantitative estimate of drug-likeness (QED) is 0.851. The van der Waals surface area contributed by atoms with Crippen LogP contribution in [0.3, 0.4) is 0 Å². The summed E-state index contributed by atoms with van der Waals surface area (Å²) in [5.74, 6) is -4.46. The van der Waals surface area contributed by atoms with Crippen LogP contribution in [-0.2, 0) is 6.42 Å². The maximum absolute atomic E-state index is 13.1. The topological polar surface area (TPSA) is 35.2 Å². The molecule has 0 aromatic heterocycles. The first kappa shape index (κ1) is 16.0. The Morgan fingerprint density at radius 1 is 1.16 bits per heavy atom. The molecule has 1 aliphatic rings. The van der Waals surface area contributed by atoms with Crippen LogP contribution >= 0.6 is 12.4 Å². The molecule has 1 atom stereocenters. The predicted octanol–water partition coefficient (Wildman–Crippen LogP) is 3.24. The molecule has 2 nitrogen and oxygen atoms in total. The number of fused-ring (bicyclic) bond motifs is 1. The van der Waals surface area contributed by atoms with Crippen LogP contribution in [0.15, 0.2) is 18.2 Å². The van der Waals surface area contributed by atoms with Crippen molar-refractivity contribution < 1.29 is 26.7 Å². The molecule has 0 saturated heterocycles. The van der Waals surface area contributed by atoms with Gasteiger partial charge in [0.1, 0.15) is 11.8 Å². The van der Waals surface area contributed by atoms with E-state index in [1.807, 2.05) is 0 Å². The SMILES string of the molecule is Cl.N[C@H](c1ccc2c(c1)CCO2)C(F)(F)C(F)(F)F. The predicted molar refractivity (Wildman–Crippen MR) is 60.8 cm³/mol. The summed E-state index contributed by atoms with van der Waals surface area (Å²) in [6.07, 6.45) is -5.19. The Labute approximate surface area is 112 Å². The van der Waals surface area contributed by atoms with E-state index in [2.05, 4.69) is 0 Å². The van der Waals surface area contributed by atoms with Crippen molar-refractivity contribution in [2.24, 2.45) is 5.73 Å². The molecule has 0 amide bonds. The molecule has 1 aromatic rings. The lowest BCUT2D eigenvalue weighted by Crippen LogP contribution is -2.45. The first-order chi connectivity index (χ1) is 8.23. The molecule has 1 heterocycles. The van der Waals surface area contributed by atoms with E-state index in [9.17, 15) is 22.0 Å². The Bertz CT molecular complexity index is 463. The number of halogens is 6. The molecule has 0 spiro atoms. The number of rotatable bonds is 2. The van der Waals surface area contributed by atoms with Crippen LogP contribution in [-0.4, -0.2) is 18.7 Å². The normalized spacial score (nSPS) is 16.3. The highest BCUT2D eigenvalue weighted by Gasteiger charge is 2.61. The fourth-order valence-electron chi connectivity index (χ4n) is 1.79. The number of alkyl halides is 5. The first-order valence-corrected chi connectivity index (χ1v) is 5.19. The van der Waals surface area contributed by atoms with Gasteiger partial charge in [-0.15, -0.1) is 12.4 Å². The van der Waals surface area contributed by atoms with Gasteiger partial charge < -0.3 is 10.5 Å². The Hall–Kier alpha value is -1.08. The Morgan fingerprint density at radius 2 is 1.79 bits per heavy atom. The van der Waals surface area contributed by atoms with Gasteiger partial charge >= 0.3 is 12.1 Å². The lowest BCUT2D eigenvalue weighted by Gasteiger charge is -2.26. The summed E-state index contributed by atoms with van der Waals surface area (Å²) in [4.78, 5) is 0. The number of ether oxygens (including phenoxy) is 1. The molecule has 0 unspecified atom stereocenters. The molecular weight excluding hydrogens is 293 g/mol. The van der Waals surface area contributed by atoms with Crippen molar-refractivity contribution in [3.63, 3.8) is 0 Å². The summed E-state index contributed by atoms with van der Waals surface area (Å²) in [5, 5.41) is 0. The molecule has 0 saturated carbocycles. The van der Waals surface area contributed by atoms with Crippen LogP contribution in [0.25, 0.3) is 0 Å². The first-order valence-electron chi connectivity index (χ1n) is 5.19. The summed E-state index contributed by atoms with van der Waals surface area (Å²) in [6.45, 7) is 0.393. The van der Waals surface area contributed by atoms with Crippen LogP contribution in [0.5, 0.6) is 5.75 Å². The lowest BCUT2D eigenvalue weighted by atomic mass is 9.98. The van der Waals surface area contributed by atoms with Gasteiger partial charge in [-0.3, -0.25) is 0 Å². The maximum Gasteiger partial charge on any atom is 0.455 e. The second kappa shape index (κ2) is 5.13. The van der Waals surface area contributed by atoms with Crippen LogP contribution in [0.2, 0.25) is 0 Å². The average molecular weight is 304 g/mol. The zero-order chi connectivity index (χ0) is 13.6. The van der Waals surface area contributed by atoms with E-state index >= 15 is 0 Å². The molecule has 0 fully saturated rings. The van der Waals surface area contributed by atoms with Crippen molar-refractivity contribution in [3.05, 3.63) is 29.3 Å². The molecule has 2 rings (SSSR count). The minimum Gasteiger partial charge on any atom is -0.493 e. The molecule has 1 aromatic carbocycles. The van der Waals surface area contributed by atoms with Crippen molar-refractivity contribution >= 4 is 12.4 Å². The highest BCUT2D eigenvalue weighted by Crippen LogP contribution is 2.44. The molecule has 108 valence electrons. The third kappa shape index (κ3) is 2.76. The van der Waals surface area contributed by atoms with Gasteiger partial charge in [-0.25, -0.2) is 0 Å². The molecule has 0 radical (unpaired) electrons. The van der Waals surface area contributed by atoms with Gasteiger partial charge in [0.15, 0.2) is 0 Å². The van der Waals surface area contributed by atoms with Crippen molar-refractivity contribution in [1.29, 1.82) is 0 Å². The van der Waals surface area contributed by atoms with E-state index in [1.165, 1.54) is 12.1 Å². The van der Waals surface area contributed by atoms with Gasteiger partial charge in [-0.1, -0.05) is 12.1 Å². The summed E-state index contributed by atoms with van der Waals surface area (Å²) >= 11 is 0. The highest BCUT2D eigenvalue weighted by molar-refractivity contribution is 5.85. The average Bonchev–Trinajstić information content (AvgIpc) is 2.73. The van der Waals surface area contributed by atoms with Crippen molar-refractivity contribution in [2.75, 3.05) is 6.61 Å². The molecule has 2 N–H and O–H groups in total. The van der Waals surface area contributed by atoms with Crippen LogP contribution < -0.4 is 10.5 Å². The minimum absolute atomic E-state index is 0. The van der Waals surface area contributed by atoms with E-state index in [1.54, 1.807) is 0 Å². The second-order valence-corrected chi connectivity index (χ2v) is 4.06. The van der Waals surface area contributed by atoms with Crippen molar-refractivity contribution in [3.8, 4) is 5.75 Å². The van der Waals surface area contributed by atoms with E-state index in [0.29, 0.717) is 24.3 Å². The van der Waals surface area contributed by atoms with Gasteiger partial charge in [0, 0.05) is 6.42 Å². The molecule has 8 heteroatoms. The fourth-order valence-corrected chi connectivity index (χ4v) is 1.79. The van der Waals surface area contributed by atoms with Gasteiger partial charge in [0.05, 0.1) is 6.61 Å². The Balaban J connectivity index is 0.00000180. The number of nitrogens with two attached hydrogens (primary N) is 1. The van der Waals surface area contributed by atoms with E-state index in [4.69, 9.17) is 10.5 Å². The molecular formula is C11H11ClF5NO. The fraction of sp³-hybridized carbons (Fsp3) is 0.455. The second-order valence-electron chi connectivity index (χ2n) is 4.06. The monoisotopic (exact) mass is 303 g/mol. The van der Waals surface area contributed by atoms with Crippen molar-refractivity contribution in [2.45, 2.75) is 24.6 Å². The lowest BCUT2D eigenvalue weighted by molar-refractivity contribution is -0.291. The van der Waals surface area contributed by atoms with Gasteiger partial charge in [0.25, 0.3) is 0 Å². The third-order valence-electron chi connectivity index (χ3n) is 2.84. The van der Waals surface area contributed by atoms with Gasteiger partial charge in [0.2, 0.25) is 0 Å². The zero-order valence-electron chi connectivity index (χ0n) is 9.51.